The Balaban J connectivity index is 0.911. The zero-order chi connectivity index (χ0) is 40.4. The summed E-state index contributed by atoms with van der Waals surface area (Å²) in [6.45, 7) is 11.9. The number of carbonyl (C=O) groups is 2. The Morgan fingerprint density at radius 3 is 2.75 bits per heavy atom. The molecule has 0 radical (unpaired) electrons. The summed E-state index contributed by atoms with van der Waals surface area (Å²) in [6, 6.07) is 4.91. The van der Waals surface area contributed by atoms with Crippen molar-refractivity contribution in [2.75, 3.05) is 50.0 Å². The van der Waals surface area contributed by atoms with Crippen molar-refractivity contribution in [3.8, 4) is 23.6 Å². The molecule has 7 rings (SSSR count). The van der Waals surface area contributed by atoms with E-state index in [4.69, 9.17) is 29.5 Å². The van der Waals surface area contributed by atoms with Crippen LogP contribution in [0.5, 0.6) is 5.88 Å². The first-order valence-electron chi connectivity index (χ1n) is 19.7. The molecule has 6 heterocycles. The topological polar surface area (TPSA) is 234 Å². The number of carboxylic acid groups (broad SMARTS) is 1. The molecule has 0 bridgehead atoms. The monoisotopic (exact) mass is 802 g/mol. The zero-order valence-corrected chi connectivity index (χ0v) is 33.6. The molecular formula is C39H50N10O7S. The van der Waals surface area contributed by atoms with Crippen molar-refractivity contribution in [3.05, 3.63) is 46.0 Å². The minimum atomic E-state index is -1.14. The number of hydrogen-bond donors (Lipinski definition) is 3. The van der Waals surface area contributed by atoms with Crippen LogP contribution in [0.4, 0.5) is 10.8 Å². The van der Waals surface area contributed by atoms with Gasteiger partial charge in [-0.25, -0.2) is 14.8 Å². The third kappa shape index (κ3) is 8.18. The second kappa shape index (κ2) is 16.8. The first-order valence-corrected chi connectivity index (χ1v) is 20.5. The first kappa shape index (κ1) is 40.1. The van der Waals surface area contributed by atoms with Crippen LogP contribution in [0.3, 0.4) is 0 Å². The predicted octanol–water partition coefficient (Wildman–Crippen LogP) is 4.22. The van der Waals surface area contributed by atoms with Crippen LogP contribution >= 0.6 is 11.3 Å². The second-order valence-electron chi connectivity index (χ2n) is 15.9. The Bertz CT molecular complexity index is 2110. The number of carbonyl (C=O) groups excluding carboxylic acids is 1. The number of thiophene rings is 1. The summed E-state index contributed by atoms with van der Waals surface area (Å²) in [6.07, 6.45) is 6.05. The number of aryl methyl sites for hydroxylation is 1. The largest absolute Gasteiger partial charge is 0.480 e. The Hall–Kier alpha value is -5.12. The summed E-state index contributed by atoms with van der Waals surface area (Å²) >= 11 is 1.47. The summed E-state index contributed by atoms with van der Waals surface area (Å²) in [5, 5.41) is 38.3. The maximum absolute atomic E-state index is 13.4. The van der Waals surface area contributed by atoms with Crippen molar-refractivity contribution in [1.29, 1.82) is 5.26 Å². The number of anilines is 2. The normalized spacial score (nSPS) is 23.3. The summed E-state index contributed by atoms with van der Waals surface area (Å²) in [5.41, 5.74) is 6.99. The summed E-state index contributed by atoms with van der Waals surface area (Å²) in [4.78, 5) is 46.4. The van der Waals surface area contributed by atoms with E-state index in [1.165, 1.54) is 16.2 Å². The minimum absolute atomic E-state index is 0.000919. The van der Waals surface area contributed by atoms with Crippen molar-refractivity contribution in [2.45, 2.75) is 102 Å². The highest BCUT2D eigenvalue weighted by molar-refractivity contribution is 7.16. The van der Waals surface area contributed by atoms with Gasteiger partial charge in [-0.05, 0) is 82.6 Å². The van der Waals surface area contributed by atoms with E-state index in [-0.39, 0.29) is 30.8 Å². The number of ether oxygens (including phenoxy) is 1. The van der Waals surface area contributed by atoms with Gasteiger partial charge in [-0.15, -0.1) is 11.3 Å². The molecular weight excluding hydrogens is 753 g/mol. The number of carboxylic acids is 1. The Morgan fingerprint density at radius 2 is 1.98 bits per heavy atom. The van der Waals surface area contributed by atoms with E-state index >= 15 is 0 Å². The van der Waals surface area contributed by atoms with Crippen molar-refractivity contribution >= 4 is 34.0 Å². The van der Waals surface area contributed by atoms with E-state index in [1.807, 2.05) is 26.8 Å². The molecule has 2 aliphatic heterocycles. The fourth-order valence-corrected chi connectivity index (χ4v) is 9.75. The number of fused-ring (bicyclic) bond motifs is 1. The van der Waals surface area contributed by atoms with Gasteiger partial charge in [0.15, 0.2) is 5.76 Å². The van der Waals surface area contributed by atoms with Crippen LogP contribution < -0.4 is 15.4 Å². The molecule has 4 aromatic rings. The summed E-state index contributed by atoms with van der Waals surface area (Å²) < 4.78 is 17.2. The van der Waals surface area contributed by atoms with Crippen LogP contribution in [0, 0.1) is 17.2 Å². The number of likely N-dealkylation sites (tertiary alicyclic amines) is 1. The number of nitrogens with two attached hydrogens (primary N) is 1. The molecule has 17 nitrogen and oxygen atoms in total. The molecule has 0 spiro atoms. The quantitative estimate of drug-likeness (QED) is 0.161. The number of nitrogens with zero attached hydrogens (tertiary/aromatic N) is 9. The van der Waals surface area contributed by atoms with Crippen molar-refractivity contribution < 1.29 is 33.6 Å². The van der Waals surface area contributed by atoms with E-state index < -0.39 is 35.4 Å². The molecule has 4 aromatic heterocycles. The molecule has 1 unspecified atom stereocenters. The number of aromatic nitrogens is 5. The van der Waals surface area contributed by atoms with Gasteiger partial charge in [-0.3, -0.25) is 4.79 Å². The van der Waals surface area contributed by atoms with Crippen molar-refractivity contribution in [2.24, 2.45) is 5.92 Å². The van der Waals surface area contributed by atoms with Crippen LogP contribution in [-0.4, -0.2) is 115 Å². The molecule has 304 valence electrons. The molecule has 3 aliphatic rings. The van der Waals surface area contributed by atoms with Gasteiger partial charge in [0.1, 0.15) is 28.8 Å². The van der Waals surface area contributed by atoms with Crippen LogP contribution in [0.2, 0.25) is 0 Å². The number of aliphatic hydroxyl groups is 1. The van der Waals surface area contributed by atoms with Crippen LogP contribution in [0.1, 0.15) is 99.8 Å². The van der Waals surface area contributed by atoms with Gasteiger partial charge in [0.2, 0.25) is 23.4 Å². The van der Waals surface area contributed by atoms with Crippen LogP contribution in [0.25, 0.3) is 11.6 Å². The lowest BCUT2D eigenvalue weighted by molar-refractivity contribution is -0.149. The summed E-state index contributed by atoms with van der Waals surface area (Å²) in [7, 11) is 0. The van der Waals surface area contributed by atoms with Gasteiger partial charge in [0.05, 0.1) is 23.7 Å². The maximum Gasteiger partial charge on any atom is 0.326 e. The number of nitrogen functional groups attached to an aromatic ring is 1. The third-order valence-corrected chi connectivity index (χ3v) is 12.5. The van der Waals surface area contributed by atoms with Gasteiger partial charge in [0.25, 0.3) is 5.88 Å². The third-order valence-electron chi connectivity index (χ3n) is 11.4. The van der Waals surface area contributed by atoms with E-state index in [0.29, 0.717) is 40.5 Å². The molecule has 2 saturated heterocycles. The Kier molecular flexibility index (Phi) is 11.8. The lowest BCUT2D eigenvalue weighted by atomic mass is 9.72. The highest BCUT2D eigenvalue weighted by atomic mass is 32.1. The number of β-amino-alcohol motifs (C(OH)–C–C–N with tert-alkyl or cyclic N) is 1. The molecule has 1 aliphatic carbocycles. The number of hydrogen-bond acceptors (Lipinski definition) is 16. The summed E-state index contributed by atoms with van der Waals surface area (Å²) in [5.74, 6) is 0.000599. The van der Waals surface area contributed by atoms with Gasteiger partial charge < -0.3 is 44.4 Å². The fourth-order valence-electron chi connectivity index (χ4n) is 8.56. The average Bonchev–Trinajstić information content (AvgIpc) is 3.98. The molecule has 18 heteroatoms. The molecule has 0 aromatic carbocycles. The average molecular weight is 803 g/mol. The Morgan fingerprint density at radius 1 is 1.16 bits per heavy atom. The number of rotatable bonds is 13. The lowest BCUT2D eigenvalue weighted by Crippen LogP contribution is -2.44. The standard InChI is InChI=1S/C39H50N10O7S/c1-22(2)31(36(51)49-21-24(50)17-26(49)37(52)53)27-18-30(45-55-27)54-16-6-5-13-47-14-8-15-48(23(3)20-47)29-10-12-42-34(43-29)35-44-38(56-46-35)39(4)11-7-9-28-32(39)25(19-40)33(41)57-28/h10,12,18,22-24,26,31,50H,5-9,11,13-17,20-21,41H2,1-4H3,(H,52,53)/t23-,24+,26-,31?,39-/m0/s1. The van der Waals surface area contributed by atoms with Gasteiger partial charge >= 0.3 is 5.97 Å². The highest BCUT2D eigenvalue weighted by Gasteiger charge is 2.44. The molecule has 1 amide bonds. The zero-order valence-electron chi connectivity index (χ0n) is 32.8. The highest BCUT2D eigenvalue weighted by Crippen LogP contribution is 2.48. The molecule has 4 N–H and O–H groups in total. The van der Waals surface area contributed by atoms with Crippen LogP contribution in [-0.2, 0) is 21.4 Å². The van der Waals surface area contributed by atoms with Crippen LogP contribution in [0.15, 0.2) is 27.4 Å². The minimum Gasteiger partial charge on any atom is -0.480 e. The SMILES string of the molecule is CC(C)C(C(=O)N1C[C@H](O)C[C@H]1C(=O)O)c1cc(OCCCCN2CCCN(c3ccnc(-c4noc([C@@]5(C)CCCc6sc(N)c(C#N)c65)n4)n3)[C@@H](C)C2)no1. The van der Waals surface area contributed by atoms with Crippen molar-refractivity contribution in [3.63, 3.8) is 0 Å². The van der Waals surface area contributed by atoms with Gasteiger partial charge in [0, 0.05) is 54.8 Å². The molecule has 5 atom stereocenters. The van der Waals surface area contributed by atoms with Gasteiger partial charge in [-0.2, -0.15) is 10.2 Å². The van der Waals surface area contributed by atoms with E-state index in [9.17, 15) is 25.1 Å². The second-order valence-corrected chi connectivity index (χ2v) is 17.0. The maximum atomic E-state index is 13.4. The van der Waals surface area contributed by atoms with E-state index in [0.717, 1.165) is 81.0 Å². The molecule has 0 saturated carbocycles. The Labute approximate surface area is 334 Å². The smallest absolute Gasteiger partial charge is 0.326 e. The first-order chi connectivity index (χ1) is 27.4. The molecule has 2 fully saturated rings. The van der Waals surface area contributed by atoms with E-state index in [2.05, 4.69) is 38.1 Å². The van der Waals surface area contributed by atoms with Gasteiger partial charge in [-0.1, -0.05) is 19.0 Å². The number of aliphatic hydroxyl groups excluding tert-OH is 1. The predicted molar refractivity (Wildman–Crippen MR) is 209 cm³/mol. The molecule has 57 heavy (non-hydrogen) atoms. The van der Waals surface area contributed by atoms with E-state index in [1.54, 1.807) is 12.3 Å². The number of aliphatic carboxylic acids is 1. The number of amides is 1. The van der Waals surface area contributed by atoms with Crippen molar-refractivity contribution in [1.82, 2.24) is 35.1 Å². The number of unbranched alkanes of at least 4 members (excludes halogenated alkanes) is 1. The number of nitriles is 1. The lowest BCUT2D eigenvalue weighted by Gasteiger charge is -2.30. The fraction of sp³-hybridized carbons (Fsp3) is 0.590.